The Kier molecular flexibility index (Phi) is 3.20. The SMILES string of the molecule is Cc1ccc(F)c(-c2cc(CN)ccc2F)c1. The third kappa shape index (κ3) is 2.34. The first-order chi connectivity index (χ1) is 8.11. The lowest BCUT2D eigenvalue weighted by atomic mass is 10.00. The van der Waals surface area contributed by atoms with Crippen LogP contribution >= 0.6 is 0 Å². The maximum absolute atomic E-state index is 13.7. The van der Waals surface area contributed by atoms with Crippen molar-refractivity contribution in [2.75, 3.05) is 0 Å². The molecule has 0 bridgehead atoms. The summed E-state index contributed by atoms with van der Waals surface area (Å²) < 4.78 is 27.4. The predicted octanol–water partition coefficient (Wildman–Crippen LogP) is 3.40. The predicted molar refractivity (Wildman–Crippen MR) is 64.4 cm³/mol. The van der Waals surface area contributed by atoms with Gasteiger partial charge in [0.15, 0.2) is 0 Å². The molecule has 0 heterocycles. The Bertz CT molecular complexity index is 550. The molecule has 2 rings (SSSR count). The van der Waals surface area contributed by atoms with Gasteiger partial charge in [-0.05, 0) is 36.8 Å². The maximum atomic E-state index is 13.7. The largest absolute Gasteiger partial charge is 0.326 e. The lowest BCUT2D eigenvalue weighted by Gasteiger charge is -2.08. The smallest absolute Gasteiger partial charge is 0.131 e. The van der Waals surface area contributed by atoms with Gasteiger partial charge in [0, 0.05) is 17.7 Å². The summed E-state index contributed by atoms with van der Waals surface area (Å²) in [6.45, 7) is 2.15. The molecule has 2 N–H and O–H groups in total. The molecular formula is C14H13F2N. The van der Waals surface area contributed by atoms with Gasteiger partial charge in [0.2, 0.25) is 0 Å². The molecule has 0 spiro atoms. The van der Waals surface area contributed by atoms with Crippen molar-refractivity contribution in [1.82, 2.24) is 0 Å². The van der Waals surface area contributed by atoms with Crippen molar-refractivity contribution in [2.24, 2.45) is 5.73 Å². The molecule has 17 heavy (non-hydrogen) atoms. The fraction of sp³-hybridized carbons (Fsp3) is 0.143. The highest BCUT2D eigenvalue weighted by Gasteiger charge is 2.10. The van der Waals surface area contributed by atoms with Crippen LogP contribution in [0.4, 0.5) is 8.78 Å². The van der Waals surface area contributed by atoms with Gasteiger partial charge in [0.1, 0.15) is 11.6 Å². The number of benzene rings is 2. The Labute approximate surface area is 98.9 Å². The number of halogens is 2. The average Bonchev–Trinajstić information content (AvgIpc) is 2.33. The first-order valence-corrected chi connectivity index (χ1v) is 5.37. The van der Waals surface area contributed by atoms with E-state index in [1.165, 1.54) is 12.1 Å². The van der Waals surface area contributed by atoms with Crippen LogP contribution < -0.4 is 5.73 Å². The Balaban J connectivity index is 2.62. The number of hydrogen-bond acceptors (Lipinski definition) is 1. The highest BCUT2D eigenvalue weighted by molar-refractivity contribution is 5.66. The van der Waals surface area contributed by atoms with Gasteiger partial charge in [-0.15, -0.1) is 0 Å². The van der Waals surface area contributed by atoms with E-state index < -0.39 is 11.6 Å². The Hall–Kier alpha value is -1.74. The highest BCUT2D eigenvalue weighted by Crippen LogP contribution is 2.27. The van der Waals surface area contributed by atoms with E-state index in [1.54, 1.807) is 24.3 Å². The van der Waals surface area contributed by atoms with Crippen molar-refractivity contribution in [1.29, 1.82) is 0 Å². The van der Waals surface area contributed by atoms with Gasteiger partial charge in [0.05, 0.1) is 0 Å². The molecule has 0 saturated carbocycles. The van der Waals surface area contributed by atoms with Crippen molar-refractivity contribution in [3.05, 3.63) is 59.2 Å². The lowest BCUT2D eigenvalue weighted by Crippen LogP contribution is -1.98. The van der Waals surface area contributed by atoms with E-state index in [0.29, 0.717) is 6.54 Å². The van der Waals surface area contributed by atoms with E-state index in [1.807, 2.05) is 6.92 Å². The second kappa shape index (κ2) is 4.63. The Morgan fingerprint density at radius 1 is 0.941 bits per heavy atom. The van der Waals surface area contributed by atoms with Crippen molar-refractivity contribution in [3.63, 3.8) is 0 Å². The van der Waals surface area contributed by atoms with Gasteiger partial charge < -0.3 is 5.73 Å². The summed E-state index contributed by atoms with van der Waals surface area (Å²) in [5.41, 5.74) is 7.70. The summed E-state index contributed by atoms with van der Waals surface area (Å²) in [5, 5.41) is 0. The van der Waals surface area contributed by atoms with Crippen LogP contribution in [0.5, 0.6) is 0 Å². The zero-order valence-corrected chi connectivity index (χ0v) is 9.50. The number of aryl methyl sites for hydroxylation is 1. The van der Waals surface area contributed by atoms with Crippen LogP contribution in [0.15, 0.2) is 36.4 Å². The maximum Gasteiger partial charge on any atom is 0.131 e. The van der Waals surface area contributed by atoms with Crippen LogP contribution in [0.2, 0.25) is 0 Å². The van der Waals surface area contributed by atoms with E-state index in [-0.39, 0.29) is 11.1 Å². The summed E-state index contributed by atoms with van der Waals surface area (Å²) in [6, 6.07) is 9.15. The van der Waals surface area contributed by atoms with Crippen LogP contribution in [0.25, 0.3) is 11.1 Å². The summed E-state index contributed by atoms with van der Waals surface area (Å²) in [7, 11) is 0. The molecule has 1 nitrogen and oxygen atoms in total. The Morgan fingerprint density at radius 2 is 1.53 bits per heavy atom. The minimum Gasteiger partial charge on any atom is -0.326 e. The van der Waals surface area contributed by atoms with Crippen molar-refractivity contribution >= 4 is 0 Å². The van der Waals surface area contributed by atoms with Gasteiger partial charge in [0.25, 0.3) is 0 Å². The molecule has 0 aliphatic rings. The third-order valence-corrected chi connectivity index (χ3v) is 2.68. The van der Waals surface area contributed by atoms with Gasteiger partial charge in [-0.1, -0.05) is 17.7 Å². The van der Waals surface area contributed by atoms with E-state index in [2.05, 4.69) is 0 Å². The van der Waals surface area contributed by atoms with Crippen molar-refractivity contribution < 1.29 is 8.78 Å². The molecule has 0 amide bonds. The molecule has 0 aliphatic heterocycles. The zero-order valence-electron chi connectivity index (χ0n) is 9.50. The minimum atomic E-state index is -0.438. The molecule has 3 heteroatoms. The summed E-state index contributed by atoms with van der Waals surface area (Å²) in [4.78, 5) is 0. The van der Waals surface area contributed by atoms with Gasteiger partial charge >= 0.3 is 0 Å². The topological polar surface area (TPSA) is 26.0 Å². The van der Waals surface area contributed by atoms with Crippen LogP contribution in [0, 0.1) is 18.6 Å². The lowest BCUT2D eigenvalue weighted by molar-refractivity contribution is 0.615. The molecule has 0 unspecified atom stereocenters. The second-order valence-corrected chi connectivity index (χ2v) is 4.00. The molecule has 2 aromatic rings. The number of hydrogen-bond donors (Lipinski definition) is 1. The molecular weight excluding hydrogens is 220 g/mol. The molecule has 0 aromatic heterocycles. The summed E-state index contributed by atoms with van der Waals surface area (Å²) in [6.07, 6.45) is 0. The molecule has 0 radical (unpaired) electrons. The standard InChI is InChI=1S/C14H13F2N/c1-9-2-4-13(15)11(6-9)12-7-10(8-17)3-5-14(12)16/h2-7H,8,17H2,1H3. The fourth-order valence-electron chi connectivity index (χ4n) is 1.75. The average molecular weight is 233 g/mol. The molecule has 88 valence electrons. The molecule has 0 saturated heterocycles. The molecule has 0 fully saturated rings. The number of nitrogens with two attached hydrogens (primary N) is 1. The van der Waals surface area contributed by atoms with E-state index in [4.69, 9.17) is 5.73 Å². The van der Waals surface area contributed by atoms with Crippen LogP contribution in [0.1, 0.15) is 11.1 Å². The van der Waals surface area contributed by atoms with Gasteiger partial charge in [-0.3, -0.25) is 0 Å². The molecule has 0 aliphatic carbocycles. The normalized spacial score (nSPS) is 10.6. The van der Waals surface area contributed by atoms with Gasteiger partial charge in [-0.2, -0.15) is 0 Å². The Morgan fingerprint density at radius 3 is 2.18 bits per heavy atom. The van der Waals surface area contributed by atoms with Crippen LogP contribution in [-0.4, -0.2) is 0 Å². The summed E-state index contributed by atoms with van der Waals surface area (Å²) >= 11 is 0. The molecule has 0 atom stereocenters. The second-order valence-electron chi connectivity index (χ2n) is 4.00. The van der Waals surface area contributed by atoms with Crippen molar-refractivity contribution in [3.8, 4) is 11.1 Å². The van der Waals surface area contributed by atoms with Crippen LogP contribution in [-0.2, 0) is 6.54 Å². The molecule has 2 aromatic carbocycles. The first-order valence-electron chi connectivity index (χ1n) is 5.37. The monoisotopic (exact) mass is 233 g/mol. The quantitative estimate of drug-likeness (QED) is 0.845. The van der Waals surface area contributed by atoms with Crippen LogP contribution in [0.3, 0.4) is 0 Å². The minimum absolute atomic E-state index is 0.258. The first kappa shape index (κ1) is 11.7. The van der Waals surface area contributed by atoms with Gasteiger partial charge in [-0.25, -0.2) is 8.78 Å². The van der Waals surface area contributed by atoms with Crippen molar-refractivity contribution in [2.45, 2.75) is 13.5 Å². The summed E-state index contributed by atoms with van der Waals surface area (Å²) in [5.74, 6) is -0.865. The van der Waals surface area contributed by atoms with E-state index in [9.17, 15) is 8.78 Å². The number of rotatable bonds is 2. The zero-order chi connectivity index (χ0) is 12.4. The van der Waals surface area contributed by atoms with E-state index >= 15 is 0 Å². The highest BCUT2D eigenvalue weighted by atomic mass is 19.1. The fourth-order valence-corrected chi connectivity index (χ4v) is 1.75. The third-order valence-electron chi connectivity index (χ3n) is 2.68. The van der Waals surface area contributed by atoms with E-state index in [0.717, 1.165) is 11.1 Å².